The molecule has 0 bridgehead atoms. The third-order valence-corrected chi connectivity index (χ3v) is 4.99. The van der Waals surface area contributed by atoms with Gasteiger partial charge in [-0.25, -0.2) is 0 Å². The predicted octanol–water partition coefficient (Wildman–Crippen LogP) is 4.55. The quantitative estimate of drug-likeness (QED) is 0.725. The molecular weight excluding hydrogens is 206 g/mol. The summed E-state index contributed by atoms with van der Waals surface area (Å²) in [6.07, 6.45) is 15.7. The fourth-order valence-electron chi connectivity index (χ4n) is 3.97. The predicted molar refractivity (Wildman–Crippen MR) is 70.9 cm³/mol. The number of rotatable bonds is 2. The fraction of sp³-hybridized carbons (Fsp3) is 0.688. The molecule has 1 aromatic heterocycles. The van der Waals surface area contributed by atoms with E-state index in [0.717, 1.165) is 17.8 Å². The summed E-state index contributed by atoms with van der Waals surface area (Å²) in [5.74, 6) is 2.91. The van der Waals surface area contributed by atoms with Crippen LogP contribution in [0.2, 0.25) is 0 Å². The maximum absolute atomic E-state index is 4.26. The minimum atomic E-state index is 0.793. The van der Waals surface area contributed by atoms with E-state index >= 15 is 0 Å². The first-order valence-electron chi connectivity index (χ1n) is 7.33. The summed E-state index contributed by atoms with van der Waals surface area (Å²) in [7, 11) is 0. The molecular formula is C16H23N. The fourth-order valence-corrected chi connectivity index (χ4v) is 3.97. The Morgan fingerprint density at radius 3 is 2.24 bits per heavy atom. The Kier molecular flexibility index (Phi) is 3.44. The molecule has 17 heavy (non-hydrogen) atoms. The average molecular weight is 229 g/mol. The van der Waals surface area contributed by atoms with E-state index in [1.54, 1.807) is 0 Å². The smallest absolute Gasteiger partial charge is 0.0302 e. The Bertz CT molecular complexity index is 332. The third-order valence-electron chi connectivity index (χ3n) is 4.99. The van der Waals surface area contributed by atoms with E-state index in [-0.39, 0.29) is 0 Å². The molecule has 2 aliphatic carbocycles. The van der Waals surface area contributed by atoms with Crippen LogP contribution < -0.4 is 0 Å². The van der Waals surface area contributed by atoms with Gasteiger partial charge in [0.15, 0.2) is 0 Å². The van der Waals surface area contributed by atoms with Crippen LogP contribution in [0.5, 0.6) is 0 Å². The summed E-state index contributed by atoms with van der Waals surface area (Å²) >= 11 is 0. The standard InChI is InChI=1S/C16H23N/c1-2-5-13(4-1)14-7-9-15(10-8-14)16-6-3-11-17-12-16/h3,6,11-15H,1-2,4-5,7-10H2. The lowest BCUT2D eigenvalue weighted by Gasteiger charge is -2.32. The highest BCUT2D eigenvalue weighted by atomic mass is 14.6. The number of hydrogen-bond acceptors (Lipinski definition) is 1. The second-order valence-corrected chi connectivity index (χ2v) is 5.94. The first kappa shape index (κ1) is 11.3. The van der Waals surface area contributed by atoms with Gasteiger partial charge in [0.05, 0.1) is 0 Å². The van der Waals surface area contributed by atoms with E-state index in [1.165, 1.54) is 56.9 Å². The van der Waals surface area contributed by atoms with E-state index < -0.39 is 0 Å². The molecule has 0 spiro atoms. The second kappa shape index (κ2) is 5.20. The highest BCUT2D eigenvalue weighted by Crippen LogP contribution is 2.43. The van der Waals surface area contributed by atoms with E-state index in [4.69, 9.17) is 0 Å². The molecule has 0 N–H and O–H groups in total. The molecule has 0 aromatic carbocycles. The lowest BCUT2D eigenvalue weighted by molar-refractivity contribution is 0.235. The van der Waals surface area contributed by atoms with Crippen LogP contribution in [0.15, 0.2) is 24.5 Å². The van der Waals surface area contributed by atoms with E-state index in [9.17, 15) is 0 Å². The van der Waals surface area contributed by atoms with Crippen molar-refractivity contribution >= 4 is 0 Å². The second-order valence-electron chi connectivity index (χ2n) is 5.94. The molecule has 1 heteroatoms. The van der Waals surface area contributed by atoms with Crippen molar-refractivity contribution in [3.05, 3.63) is 30.1 Å². The first-order valence-corrected chi connectivity index (χ1v) is 7.33. The van der Waals surface area contributed by atoms with Crippen LogP contribution >= 0.6 is 0 Å². The largest absolute Gasteiger partial charge is 0.264 e. The maximum atomic E-state index is 4.26. The van der Waals surface area contributed by atoms with Gasteiger partial charge in [-0.1, -0.05) is 31.7 Å². The van der Waals surface area contributed by atoms with Gasteiger partial charge in [0.2, 0.25) is 0 Å². The Morgan fingerprint density at radius 1 is 0.882 bits per heavy atom. The SMILES string of the molecule is c1cncc(C2CCC(C3CCCC3)CC2)c1. The summed E-state index contributed by atoms with van der Waals surface area (Å²) in [6.45, 7) is 0. The molecule has 0 radical (unpaired) electrons. The normalized spacial score (nSPS) is 30.6. The van der Waals surface area contributed by atoms with Crippen molar-refractivity contribution in [2.75, 3.05) is 0 Å². The van der Waals surface area contributed by atoms with Gasteiger partial charge in [-0.2, -0.15) is 0 Å². The summed E-state index contributed by atoms with van der Waals surface area (Å²) in [5, 5.41) is 0. The molecule has 2 saturated carbocycles. The molecule has 0 amide bonds. The van der Waals surface area contributed by atoms with Crippen LogP contribution in [0.1, 0.15) is 62.8 Å². The lowest BCUT2D eigenvalue weighted by Crippen LogP contribution is -2.19. The van der Waals surface area contributed by atoms with Crippen molar-refractivity contribution in [2.45, 2.75) is 57.3 Å². The summed E-state index contributed by atoms with van der Waals surface area (Å²) in [5.41, 5.74) is 1.47. The van der Waals surface area contributed by atoms with Crippen LogP contribution in [-0.4, -0.2) is 4.98 Å². The molecule has 0 unspecified atom stereocenters. The molecule has 0 saturated heterocycles. The minimum absolute atomic E-state index is 0.793. The van der Waals surface area contributed by atoms with Crippen molar-refractivity contribution in [1.82, 2.24) is 4.98 Å². The molecule has 2 aliphatic rings. The van der Waals surface area contributed by atoms with Gasteiger partial charge in [-0.3, -0.25) is 4.98 Å². The molecule has 3 rings (SSSR count). The molecule has 1 heterocycles. The number of hydrogen-bond donors (Lipinski definition) is 0. The van der Waals surface area contributed by atoms with Crippen molar-refractivity contribution in [3.63, 3.8) is 0 Å². The van der Waals surface area contributed by atoms with Crippen LogP contribution in [0.25, 0.3) is 0 Å². The Labute approximate surface area is 105 Å². The summed E-state index contributed by atoms with van der Waals surface area (Å²) in [4.78, 5) is 4.26. The van der Waals surface area contributed by atoms with E-state index in [1.807, 2.05) is 6.20 Å². The van der Waals surface area contributed by atoms with Gasteiger partial charge in [0.1, 0.15) is 0 Å². The van der Waals surface area contributed by atoms with Crippen LogP contribution in [0, 0.1) is 11.8 Å². The van der Waals surface area contributed by atoms with Crippen molar-refractivity contribution in [2.24, 2.45) is 11.8 Å². The highest BCUT2D eigenvalue weighted by Gasteiger charge is 2.29. The van der Waals surface area contributed by atoms with Gasteiger partial charge in [0, 0.05) is 12.4 Å². The lowest BCUT2D eigenvalue weighted by atomic mass is 9.73. The van der Waals surface area contributed by atoms with E-state index in [0.29, 0.717) is 0 Å². The van der Waals surface area contributed by atoms with Gasteiger partial charge < -0.3 is 0 Å². The summed E-state index contributed by atoms with van der Waals surface area (Å²) < 4.78 is 0. The number of pyridine rings is 1. The van der Waals surface area contributed by atoms with E-state index in [2.05, 4.69) is 23.3 Å². The molecule has 1 nitrogen and oxygen atoms in total. The first-order chi connectivity index (χ1) is 8.43. The summed E-state index contributed by atoms with van der Waals surface area (Å²) in [6, 6.07) is 4.34. The average Bonchev–Trinajstić information content (AvgIpc) is 2.94. The van der Waals surface area contributed by atoms with Gasteiger partial charge in [-0.05, 0) is 55.1 Å². The Morgan fingerprint density at radius 2 is 1.59 bits per heavy atom. The Balaban J connectivity index is 1.57. The Hall–Kier alpha value is -0.850. The zero-order valence-corrected chi connectivity index (χ0v) is 10.6. The maximum Gasteiger partial charge on any atom is 0.0302 e. The van der Waals surface area contributed by atoms with Crippen molar-refractivity contribution < 1.29 is 0 Å². The van der Waals surface area contributed by atoms with Crippen LogP contribution in [-0.2, 0) is 0 Å². The van der Waals surface area contributed by atoms with Gasteiger partial charge in [-0.15, -0.1) is 0 Å². The van der Waals surface area contributed by atoms with Crippen molar-refractivity contribution in [3.8, 4) is 0 Å². The van der Waals surface area contributed by atoms with Crippen LogP contribution in [0.3, 0.4) is 0 Å². The number of nitrogens with zero attached hydrogens (tertiary/aromatic N) is 1. The highest BCUT2D eigenvalue weighted by molar-refractivity contribution is 5.15. The molecule has 2 fully saturated rings. The van der Waals surface area contributed by atoms with Crippen molar-refractivity contribution in [1.29, 1.82) is 0 Å². The molecule has 0 atom stereocenters. The monoisotopic (exact) mass is 229 g/mol. The molecule has 0 aliphatic heterocycles. The van der Waals surface area contributed by atoms with Gasteiger partial charge >= 0.3 is 0 Å². The zero-order valence-electron chi connectivity index (χ0n) is 10.6. The topological polar surface area (TPSA) is 12.9 Å². The zero-order chi connectivity index (χ0) is 11.5. The third kappa shape index (κ3) is 2.53. The minimum Gasteiger partial charge on any atom is -0.264 e. The number of aromatic nitrogens is 1. The van der Waals surface area contributed by atoms with Gasteiger partial charge in [0.25, 0.3) is 0 Å². The molecule has 92 valence electrons. The molecule has 1 aromatic rings. The van der Waals surface area contributed by atoms with Crippen LogP contribution in [0.4, 0.5) is 0 Å².